The lowest BCUT2D eigenvalue weighted by molar-refractivity contribution is -0.117. The molecule has 0 saturated carbocycles. The number of halogens is 1. The molecule has 0 spiro atoms. The molecule has 1 aliphatic rings. The zero-order valence-electron chi connectivity index (χ0n) is 15.0. The fourth-order valence-corrected chi connectivity index (χ4v) is 3.16. The first kappa shape index (κ1) is 18.7. The van der Waals surface area contributed by atoms with Crippen molar-refractivity contribution >= 4 is 23.2 Å². The van der Waals surface area contributed by atoms with E-state index in [1.54, 1.807) is 7.11 Å². The third kappa shape index (κ3) is 5.46. The number of methoxy groups -OCH3 is 1. The average molecular weight is 374 g/mol. The van der Waals surface area contributed by atoms with E-state index >= 15 is 0 Å². The van der Waals surface area contributed by atoms with E-state index in [4.69, 9.17) is 16.3 Å². The van der Waals surface area contributed by atoms with Crippen LogP contribution >= 0.6 is 11.6 Å². The number of hydrogen-bond acceptors (Lipinski definition) is 4. The minimum atomic E-state index is 0.0151. The zero-order valence-corrected chi connectivity index (χ0v) is 15.7. The summed E-state index contributed by atoms with van der Waals surface area (Å²) in [6.07, 6.45) is 0. The van der Waals surface area contributed by atoms with Crippen molar-refractivity contribution in [2.75, 3.05) is 45.2 Å². The highest BCUT2D eigenvalue weighted by molar-refractivity contribution is 6.30. The van der Waals surface area contributed by atoms with Crippen molar-refractivity contribution < 1.29 is 9.53 Å². The fourth-order valence-electron chi connectivity index (χ4n) is 3.03. The normalized spacial score (nSPS) is 15.6. The number of anilines is 1. The Bertz CT molecular complexity index is 711. The third-order valence-corrected chi connectivity index (χ3v) is 4.78. The predicted molar refractivity (Wildman–Crippen MR) is 105 cm³/mol. The zero-order chi connectivity index (χ0) is 18.4. The van der Waals surface area contributed by atoms with Crippen LogP contribution in [-0.2, 0) is 11.3 Å². The number of piperazine rings is 1. The molecule has 1 N–H and O–H groups in total. The molecule has 1 fully saturated rings. The summed E-state index contributed by atoms with van der Waals surface area (Å²) < 4.78 is 5.12. The molecule has 6 heteroatoms. The summed E-state index contributed by atoms with van der Waals surface area (Å²) in [5.74, 6) is 0.793. The molecule has 1 saturated heterocycles. The second-order valence-electron chi connectivity index (χ2n) is 6.46. The molecule has 0 radical (unpaired) electrons. The molecule has 0 aliphatic carbocycles. The van der Waals surface area contributed by atoms with Gasteiger partial charge in [0.1, 0.15) is 5.75 Å². The first-order valence-electron chi connectivity index (χ1n) is 8.75. The minimum absolute atomic E-state index is 0.0151. The highest BCUT2D eigenvalue weighted by atomic mass is 35.5. The van der Waals surface area contributed by atoms with Gasteiger partial charge in [0.2, 0.25) is 5.91 Å². The van der Waals surface area contributed by atoms with Crippen LogP contribution in [0, 0.1) is 0 Å². The summed E-state index contributed by atoms with van der Waals surface area (Å²) in [4.78, 5) is 16.8. The quantitative estimate of drug-likeness (QED) is 0.845. The van der Waals surface area contributed by atoms with Gasteiger partial charge in [0, 0.05) is 43.4 Å². The Morgan fingerprint density at radius 3 is 2.23 bits per heavy atom. The van der Waals surface area contributed by atoms with E-state index in [-0.39, 0.29) is 5.91 Å². The monoisotopic (exact) mass is 373 g/mol. The Kier molecular flexibility index (Phi) is 6.50. The maximum atomic E-state index is 12.2. The highest BCUT2D eigenvalue weighted by Gasteiger charge is 2.19. The number of carbonyl (C=O) groups excluding carboxylic acids is 1. The number of hydrogen-bond donors (Lipinski definition) is 1. The number of nitrogens with one attached hydrogen (secondary N) is 1. The van der Waals surface area contributed by atoms with Gasteiger partial charge in [-0.05, 0) is 42.0 Å². The van der Waals surface area contributed by atoms with E-state index in [0.29, 0.717) is 6.54 Å². The molecule has 5 nitrogen and oxygen atoms in total. The lowest BCUT2D eigenvalue weighted by Gasteiger charge is -2.34. The van der Waals surface area contributed by atoms with Gasteiger partial charge in [-0.3, -0.25) is 14.6 Å². The predicted octanol–water partition coefficient (Wildman–Crippen LogP) is 3.10. The smallest absolute Gasteiger partial charge is 0.238 e. The van der Waals surface area contributed by atoms with Gasteiger partial charge in [0.05, 0.1) is 13.7 Å². The van der Waals surface area contributed by atoms with Gasteiger partial charge >= 0.3 is 0 Å². The average Bonchev–Trinajstić information content (AvgIpc) is 2.66. The van der Waals surface area contributed by atoms with Crippen LogP contribution in [0.15, 0.2) is 48.5 Å². The fraction of sp³-hybridized carbons (Fsp3) is 0.350. The topological polar surface area (TPSA) is 44.8 Å². The summed E-state index contributed by atoms with van der Waals surface area (Å²) in [7, 11) is 1.63. The van der Waals surface area contributed by atoms with Gasteiger partial charge in [0.15, 0.2) is 0 Å². The van der Waals surface area contributed by atoms with Crippen LogP contribution in [0.5, 0.6) is 5.75 Å². The lowest BCUT2D eigenvalue weighted by atomic mass is 10.2. The Labute approximate surface area is 159 Å². The number of rotatable bonds is 6. The summed E-state index contributed by atoms with van der Waals surface area (Å²) in [6.45, 7) is 5.04. The largest absolute Gasteiger partial charge is 0.497 e. The van der Waals surface area contributed by atoms with Gasteiger partial charge < -0.3 is 10.1 Å². The van der Waals surface area contributed by atoms with E-state index in [1.807, 2.05) is 36.4 Å². The standard InChI is InChI=1S/C20H24ClN3O2/c1-26-19-8-6-18(7-9-19)22-20(25)15-24-12-10-23(11-13-24)14-16-2-4-17(21)5-3-16/h2-9H,10-15H2,1H3,(H,22,25). The number of carbonyl (C=O) groups is 1. The van der Waals surface area contributed by atoms with E-state index in [9.17, 15) is 4.79 Å². The molecular formula is C20H24ClN3O2. The summed E-state index contributed by atoms with van der Waals surface area (Å²) in [5.41, 5.74) is 2.05. The van der Waals surface area contributed by atoms with Gasteiger partial charge in [-0.15, -0.1) is 0 Å². The summed E-state index contributed by atoms with van der Waals surface area (Å²) in [6, 6.07) is 15.4. The first-order chi connectivity index (χ1) is 12.6. The van der Waals surface area contributed by atoms with Crippen molar-refractivity contribution in [2.45, 2.75) is 6.54 Å². The number of nitrogens with zero attached hydrogens (tertiary/aromatic N) is 2. The van der Waals surface area contributed by atoms with Gasteiger partial charge in [-0.2, -0.15) is 0 Å². The molecule has 0 aromatic heterocycles. The molecule has 2 aromatic carbocycles. The highest BCUT2D eigenvalue weighted by Crippen LogP contribution is 2.15. The molecule has 1 aliphatic heterocycles. The van der Waals surface area contributed by atoms with Crippen LogP contribution in [0.2, 0.25) is 5.02 Å². The van der Waals surface area contributed by atoms with E-state index in [2.05, 4.69) is 27.2 Å². The molecule has 0 bridgehead atoms. The summed E-state index contributed by atoms with van der Waals surface area (Å²) in [5, 5.41) is 3.70. The maximum Gasteiger partial charge on any atom is 0.238 e. The van der Waals surface area contributed by atoms with Crippen molar-refractivity contribution in [1.29, 1.82) is 0 Å². The van der Waals surface area contributed by atoms with E-state index in [1.165, 1.54) is 5.56 Å². The molecule has 138 valence electrons. The molecular weight excluding hydrogens is 350 g/mol. The van der Waals surface area contributed by atoms with Crippen molar-refractivity contribution in [3.63, 3.8) is 0 Å². The molecule has 1 heterocycles. The van der Waals surface area contributed by atoms with Crippen LogP contribution in [0.3, 0.4) is 0 Å². The molecule has 0 unspecified atom stereocenters. The van der Waals surface area contributed by atoms with Crippen LogP contribution < -0.4 is 10.1 Å². The molecule has 3 rings (SSSR count). The molecule has 2 aromatic rings. The number of ether oxygens (including phenoxy) is 1. The van der Waals surface area contributed by atoms with Crippen LogP contribution in [0.25, 0.3) is 0 Å². The van der Waals surface area contributed by atoms with Crippen LogP contribution in [-0.4, -0.2) is 55.5 Å². The molecule has 0 atom stereocenters. The molecule has 1 amide bonds. The SMILES string of the molecule is COc1ccc(NC(=O)CN2CCN(Cc3ccc(Cl)cc3)CC2)cc1. The van der Waals surface area contributed by atoms with Gasteiger partial charge in [-0.1, -0.05) is 23.7 Å². The third-order valence-electron chi connectivity index (χ3n) is 4.53. The first-order valence-corrected chi connectivity index (χ1v) is 9.13. The van der Waals surface area contributed by atoms with Gasteiger partial charge in [0.25, 0.3) is 0 Å². The van der Waals surface area contributed by atoms with Crippen molar-refractivity contribution in [1.82, 2.24) is 9.80 Å². The Hall–Kier alpha value is -2.08. The maximum absolute atomic E-state index is 12.2. The van der Waals surface area contributed by atoms with Gasteiger partial charge in [-0.25, -0.2) is 0 Å². The van der Waals surface area contributed by atoms with Crippen LogP contribution in [0.1, 0.15) is 5.56 Å². The van der Waals surface area contributed by atoms with Crippen molar-refractivity contribution in [3.05, 3.63) is 59.1 Å². The second-order valence-corrected chi connectivity index (χ2v) is 6.89. The van der Waals surface area contributed by atoms with Crippen molar-refractivity contribution in [3.8, 4) is 5.75 Å². The van der Waals surface area contributed by atoms with Crippen LogP contribution in [0.4, 0.5) is 5.69 Å². The second kappa shape index (κ2) is 9.03. The van der Waals surface area contributed by atoms with Crippen molar-refractivity contribution in [2.24, 2.45) is 0 Å². The van der Waals surface area contributed by atoms with E-state index in [0.717, 1.165) is 49.2 Å². The number of benzene rings is 2. The Balaban J connectivity index is 1.41. The Morgan fingerprint density at radius 2 is 1.62 bits per heavy atom. The number of amides is 1. The minimum Gasteiger partial charge on any atom is -0.497 e. The molecule has 26 heavy (non-hydrogen) atoms. The Morgan fingerprint density at radius 1 is 1.00 bits per heavy atom. The lowest BCUT2D eigenvalue weighted by Crippen LogP contribution is -2.48. The summed E-state index contributed by atoms with van der Waals surface area (Å²) >= 11 is 5.93. The van der Waals surface area contributed by atoms with E-state index < -0.39 is 0 Å².